The largest absolute Gasteiger partial charge is 0.486 e. The van der Waals surface area contributed by atoms with Gasteiger partial charge in [-0.2, -0.15) is 0 Å². The first kappa shape index (κ1) is 18.2. The van der Waals surface area contributed by atoms with E-state index in [0.717, 1.165) is 40.8 Å². The van der Waals surface area contributed by atoms with Gasteiger partial charge >= 0.3 is 0 Å². The average Bonchev–Trinajstić information content (AvgIpc) is 2.58. The van der Waals surface area contributed by atoms with Crippen LogP contribution in [-0.2, 0) is 11.8 Å². The standard InChI is InChI=1S/C25H26O/c1-7-18-9-11-19(12-10-18)13-14-20-15-21(8-2)23-22(16-20)24(3,4)17-25(5,6)26-23/h2,9-12,15-16H,7,17H2,1,3-6H3. The molecule has 0 spiro atoms. The van der Waals surface area contributed by atoms with Crippen LogP contribution in [0.25, 0.3) is 0 Å². The van der Waals surface area contributed by atoms with E-state index in [1.54, 1.807) is 0 Å². The lowest BCUT2D eigenvalue weighted by molar-refractivity contribution is 0.0530. The zero-order valence-electron chi connectivity index (χ0n) is 16.4. The quantitative estimate of drug-likeness (QED) is 0.625. The first-order valence-corrected chi connectivity index (χ1v) is 9.19. The van der Waals surface area contributed by atoms with Crippen LogP contribution in [0.4, 0.5) is 0 Å². The fourth-order valence-corrected chi connectivity index (χ4v) is 3.86. The number of aryl methyl sites for hydroxylation is 1. The van der Waals surface area contributed by atoms with Crippen molar-refractivity contribution >= 4 is 0 Å². The molecule has 0 unspecified atom stereocenters. The molecule has 0 saturated heterocycles. The molecule has 1 nitrogen and oxygen atoms in total. The number of rotatable bonds is 1. The molecule has 1 aliphatic rings. The van der Waals surface area contributed by atoms with E-state index in [1.165, 1.54) is 5.56 Å². The molecule has 2 aromatic rings. The molecular formula is C25H26O. The minimum atomic E-state index is -0.226. The van der Waals surface area contributed by atoms with Gasteiger partial charge in [0, 0.05) is 16.7 Å². The van der Waals surface area contributed by atoms with Crippen LogP contribution in [0.3, 0.4) is 0 Å². The van der Waals surface area contributed by atoms with Gasteiger partial charge in [-0.3, -0.25) is 0 Å². The van der Waals surface area contributed by atoms with E-state index in [2.05, 4.69) is 82.7 Å². The van der Waals surface area contributed by atoms with Crippen molar-refractivity contribution in [1.29, 1.82) is 0 Å². The number of hydrogen-bond acceptors (Lipinski definition) is 1. The van der Waals surface area contributed by atoms with Gasteiger partial charge in [0.15, 0.2) is 0 Å². The van der Waals surface area contributed by atoms with E-state index >= 15 is 0 Å². The lowest BCUT2D eigenvalue weighted by Crippen LogP contribution is -2.41. The lowest BCUT2D eigenvalue weighted by Gasteiger charge is -2.43. The maximum absolute atomic E-state index is 6.23. The summed E-state index contributed by atoms with van der Waals surface area (Å²) in [4.78, 5) is 0. The molecule has 3 rings (SSSR count). The van der Waals surface area contributed by atoms with E-state index < -0.39 is 0 Å². The van der Waals surface area contributed by atoms with Crippen molar-refractivity contribution < 1.29 is 4.74 Å². The Balaban J connectivity index is 2.04. The molecular weight excluding hydrogens is 316 g/mol. The number of benzene rings is 2. The minimum Gasteiger partial charge on any atom is -0.486 e. The number of hydrogen-bond donors (Lipinski definition) is 0. The molecule has 0 aliphatic carbocycles. The summed E-state index contributed by atoms with van der Waals surface area (Å²) in [6, 6.07) is 12.5. The smallest absolute Gasteiger partial charge is 0.139 e. The van der Waals surface area contributed by atoms with Crippen LogP contribution in [0.15, 0.2) is 36.4 Å². The molecule has 0 atom stereocenters. The molecule has 0 aromatic heterocycles. The van der Waals surface area contributed by atoms with E-state index in [4.69, 9.17) is 11.2 Å². The van der Waals surface area contributed by atoms with Gasteiger partial charge < -0.3 is 4.74 Å². The minimum absolute atomic E-state index is 0.0108. The molecule has 0 amide bonds. The van der Waals surface area contributed by atoms with Crippen LogP contribution < -0.4 is 4.74 Å². The molecule has 1 aliphatic heterocycles. The van der Waals surface area contributed by atoms with Crippen molar-refractivity contribution in [2.24, 2.45) is 0 Å². The van der Waals surface area contributed by atoms with Crippen LogP contribution >= 0.6 is 0 Å². The number of fused-ring (bicyclic) bond motifs is 1. The zero-order valence-corrected chi connectivity index (χ0v) is 16.4. The maximum Gasteiger partial charge on any atom is 0.139 e. The van der Waals surface area contributed by atoms with Crippen molar-refractivity contribution in [2.75, 3.05) is 0 Å². The molecule has 0 saturated carbocycles. The molecule has 26 heavy (non-hydrogen) atoms. The van der Waals surface area contributed by atoms with Crippen molar-refractivity contribution in [1.82, 2.24) is 0 Å². The van der Waals surface area contributed by atoms with Gasteiger partial charge in [0.25, 0.3) is 0 Å². The van der Waals surface area contributed by atoms with Crippen LogP contribution in [0, 0.1) is 24.2 Å². The number of terminal acetylenes is 1. The summed E-state index contributed by atoms with van der Waals surface area (Å²) >= 11 is 0. The van der Waals surface area contributed by atoms with Gasteiger partial charge in [0.05, 0.1) is 5.56 Å². The Labute approximate surface area is 157 Å². The van der Waals surface area contributed by atoms with Crippen LogP contribution in [0.2, 0.25) is 0 Å². The second-order valence-corrected chi connectivity index (χ2v) is 8.27. The van der Waals surface area contributed by atoms with Gasteiger partial charge in [-0.1, -0.05) is 50.7 Å². The van der Waals surface area contributed by atoms with Gasteiger partial charge in [-0.05, 0) is 61.9 Å². The first-order valence-electron chi connectivity index (χ1n) is 9.19. The third-order valence-corrected chi connectivity index (χ3v) is 4.93. The van der Waals surface area contributed by atoms with Crippen LogP contribution in [0.5, 0.6) is 5.75 Å². The second-order valence-electron chi connectivity index (χ2n) is 8.27. The highest BCUT2D eigenvalue weighted by atomic mass is 16.5. The Morgan fingerprint density at radius 3 is 2.27 bits per heavy atom. The zero-order chi connectivity index (χ0) is 18.9. The molecule has 2 aromatic carbocycles. The predicted molar refractivity (Wildman–Crippen MR) is 109 cm³/mol. The fraction of sp³-hybridized carbons (Fsp3) is 0.360. The van der Waals surface area contributed by atoms with E-state index in [-0.39, 0.29) is 11.0 Å². The monoisotopic (exact) mass is 342 g/mol. The molecule has 132 valence electrons. The Kier molecular flexibility index (Phi) is 4.60. The topological polar surface area (TPSA) is 9.23 Å². The van der Waals surface area contributed by atoms with Crippen molar-refractivity contribution in [3.05, 3.63) is 64.2 Å². The maximum atomic E-state index is 6.23. The van der Waals surface area contributed by atoms with Crippen molar-refractivity contribution in [2.45, 2.75) is 58.5 Å². The SMILES string of the molecule is C#Cc1cc(C#Cc2ccc(CC)cc2)cc2c1OC(C)(C)CC2(C)C. The van der Waals surface area contributed by atoms with Crippen molar-refractivity contribution in [3.8, 4) is 29.9 Å². The van der Waals surface area contributed by atoms with Crippen LogP contribution in [-0.4, -0.2) is 5.60 Å². The third kappa shape index (κ3) is 3.63. The Bertz CT molecular complexity index is 925. The molecule has 0 radical (unpaired) electrons. The molecule has 0 N–H and O–H groups in total. The summed E-state index contributed by atoms with van der Waals surface area (Å²) in [6.07, 6.45) is 7.76. The highest BCUT2D eigenvalue weighted by molar-refractivity contribution is 5.59. The normalized spacial score (nSPS) is 16.5. The van der Waals surface area contributed by atoms with Gasteiger partial charge in [0.2, 0.25) is 0 Å². The summed E-state index contributed by atoms with van der Waals surface area (Å²) in [5, 5.41) is 0. The predicted octanol–water partition coefficient (Wildman–Crippen LogP) is 5.47. The van der Waals surface area contributed by atoms with Gasteiger partial charge in [-0.25, -0.2) is 0 Å². The summed E-state index contributed by atoms with van der Waals surface area (Å²) < 4.78 is 6.23. The summed E-state index contributed by atoms with van der Waals surface area (Å²) in [5.41, 5.74) is 4.97. The summed E-state index contributed by atoms with van der Waals surface area (Å²) in [7, 11) is 0. The Morgan fingerprint density at radius 2 is 1.65 bits per heavy atom. The second kappa shape index (κ2) is 6.59. The third-order valence-electron chi connectivity index (χ3n) is 4.93. The average molecular weight is 342 g/mol. The molecule has 0 bridgehead atoms. The van der Waals surface area contributed by atoms with E-state index in [0.29, 0.717) is 0 Å². The highest BCUT2D eigenvalue weighted by Crippen LogP contribution is 2.46. The van der Waals surface area contributed by atoms with Gasteiger partial charge in [0.1, 0.15) is 11.4 Å². The summed E-state index contributed by atoms with van der Waals surface area (Å²) in [5.74, 6) is 10.2. The fourth-order valence-electron chi connectivity index (χ4n) is 3.86. The highest BCUT2D eigenvalue weighted by Gasteiger charge is 2.40. The Hall–Kier alpha value is -2.64. The molecule has 1 heterocycles. The lowest BCUT2D eigenvalue weighted by atomic mass is 9.72. The van der Waals surface area contributed by atoms with Crippen LogP contribution in [0.1, 0.15) is 68.9 Å². The first-order chi connectivity index (χ1) is 12.2. The summed E-state index contributed by atoms with van der Waals surface area (Å²) in [6.45, 7) is 10.9. The van der Waals surface area contributed by atoms with E-state index in [9.17, 15) is 0 Å². The van der Waals surface area contributed by atoms with E-state index in [1.807, 2.05) is 6.07 Å². The van der Waals surface area contributed by atoms with Gasteiger partial charge in [-0.15, -0.1) is 6.42 Å². The molecule has 1 heteroatoms. The molecule has 0 fully saturated rings. The van der Waals surface area contributed by atoms with Crippen molar-refractivity contribution in [3.63, 3.8) is 0 Å². The Morgan fingerprint density at radius 1 is 1.00 bits per heavy atom. The number of ether oxygens (including phenoxy) is 1.